The van der Waals surface area contributed by atoms with Crippen LogP contribution < -0.4 is 20.3 Å². The number of ether oxygens (including phenoxy) is 1. The number of anilines is 1. The average Bonchev–Trinajstić information content (AvgIpc) is 3.03. The molecule has 0 radical (unpaired) electrons. The number of pyridine rings is 1. The summed E-state index contributed by atoms with van der Waals surface area (Å²) in [5.41, 5.74) is 0.476. The van der Waals surface area contributed by atoms with E-state index in [1.54, 1.807) is 49.3 Å². The van der Waals surface area contributed by atoms with Crippen LogP contribution in [-0.2, 0) is 11.3 Å². The second-order valence-corrected chi connectivity index (χ2v) is 10.2. The molecule has 10 heteroatoms. The molecule has 1 aromatic heterocycles. The number of rotatable bonds is 8. The van der Waals surface area contributed by atoms with Gasteiger partial charge in [0.25, 0.3) is 11.8 Å². The van der Waals surface area contributed by atoms with Crippen LogP contribution >= 0.6 is 12.4 Å². The molecular formula is C27H36ClN5O4. The lowest BCUT2D eigenvalue weighted by molar-refractivity contribution is -0.123. The molecule has 0 spiro atoms. The van der Waals surface area contributed by atoms with Gasteiger partial charge in [0, 0.05) is 25.5 Å². The predicted octanol–water partition coefficient (Wildman–Crippen LogP) is 3.77. The highest BCUT2D eigenvalue weighted by atomic mass is 35.5. The number of hydrogen-bond donors (Lipinski definition) is 2. The molecule has 3 heterocycles. The van der Waals surface area contributed by atoms with Crippen LogP contribution in [0.25, 0.3) is 0 Å². The van der Waals surface area contributed by atoms with Crippen LogP contribution in [0, 0.1) is 5.92 Å². The van der Waals surface area contributed by atoms with Crippen molar-refractivity contribution in [3.05, 3.63) is 53.9 Å². The second-order valence-electron chi connectivity index (χ2n) is 10.2. The molecule has 4 rings (SSSR count). The third-order valence-corrected chi connectivity index (χ3v) is 6.75. The van der Waals surface area contributed by atoms with Crippen LogP contribution in [0.5, 0.6) is 5.75 Å². The first-order valence-corrected chi connectivity index (χ1v) is 12.5. The normalized spacial score (nSPS) is 17.6. The highest BCUT2D eigenvalue weighted by Crippen LogP contribution is 2.35. The number of nitrogens with zero attached hydrogens (tertiary/aromatic N) is 3. The Labute approximate surface area is 224 Å². The Hall–Kier alpha value is -3.17. The Bertz CT molecular complexity index is 1120. The van der Waals surface area contributed by atoms with E-state index in [0.29, 0.717) is 29.5 Å². The Morgan fingerprint density at radius 2 is 1.84 bits per heavy atom. The molecule has 0 aliphatic carbocycles. The summed E-state index contributed by atoms with van der Waals surface area (Å²) < 4.78 is 5.90. The fourth-order valence-corrected chi connectivity index (χ4v) is 4.61. The zero-order chi connectivity index (χ0) is 25.9. The Morgan fingerprint density at radius 3 is 2.49 bits per heavy atom. The van der Waals surface area contributed by atoms with Gasteiger partial charge in [-0.1, -0.05) is 0 Å². The maximum absolute atomic E-state index is 13.5. The summed E-state index contributed by atoms with van der Waals surface area (Å²) in [4.78, 5) is 46.9. The highest BCUT2D eigenvalue weighted by molar-refractivity contribution is 6.23. The molecule has 2 saturated heterocycles. The van der Waals surface area contributed by atoms with E-state index in [1.165, 1.54) is 0 Å². The number of piperidine rings is 1. The Kier molecular flexibility index (Phi) is 9.15. The fraction of sp³-hybridized carbons (Fsp3) is 0.481. The van der Waals surface area contributed by atoms with Gasteiger partial charge in [-0.25, -0.2) is 9.69 Å². The first-order chi connectivity index (χ1) is 17.2. The fourth-order valence-electron chi connectivity index (χ4n) is 4.61. The lowest BCUT2D eigenvalue weighted by Crippen LogP contribution is -2.43. The molecule has 2 aliphatic rings. The molecule has 0 atom stereocenters. The van der Waals surface area contributed by atoms with E-state index in [0.717, 1.165) is 36.4 Å². The number of hydrogen-bond acceptors (Lipinski definition) is 6. The van der Waals surface area contributed by atoms with E-state index in [-0.39, 0.29) is 36.9 Å². The van der Waals surface area contributed by atoms with Crippen molar-refractivity contribution in [3.63, 3.8) is 0 Å². The maximum Gasteiger partial charge on any atom is 0.332 e. The van der Waals surface area contributed by atoms with Crippen molar-refractivity contribution in [2.75, 3.05) is 24.5 Å². The summed E-state index contributed by atoms with van der Waals surface area (Å²) in [5.74, 6) is 0.207. The SMILES string of the molecule is CC(C)Oc1ccc(N2C(=O)N(Cc3ccncc3)C(C)(C)C2=O)cc1C(=O)NCC1CCNCC1.Cl. The number of amides is 4. The zero-order valence-corrected chi connectivity index (χ0v) is 22.6. The number of nitrogens with one attached hydrogen (secondary N) is 2. The van der Waals surface area contributed by atoms with Crippen molar-refractivity contribution in [2.45, 2.75) is 58.7 Å². The highest BCUT2D eigenvalue weighted by Gasteiger charge is 2.51. The Morgan fingerprint density at radius 1 is 1.16 bits per heavy atom. The first kappa shape index (κ1) is 28.4. The largest absolute Gasteiger partial charge is 0.490 e. The quantitative estimate of drug-likeness (QED) is 0.504. The molecule has 2 aliphatic heterocycles. The molecule has 1 aromatic carbocycles. The standard InChI is InChI=1S/C27H35N5O4.ClH/c1-18(2)36-23-6-5-21(15-22(23)24(33)30-16-19-7-11-28-12-8-19)32-25(34)27(3,4)31(26(32)35)17-20-9-13-29-14-10-20;/h5-6,9-10,13-15,18-19,28H,7-8,11-12,16-17H2,1-4H3,(H,30,33);1H. The van der Waals surface area contributed by atoms with Crippen molar-refractivity contribution in [1.82, 2.24) is 20.5 Å². The molecule has 0 unspecified atom stereocenters. The van der Waals surface area contributed by atoms with E-state index in [2.05, 4.69) is 15.6 Å². The van der Waals surface area contributed by atoms with E-state index >= 15 is 0 Å². The van der Waals surface area contributed by atoms with E-state index in [1.807, 2.05) is 26.0 Å². The van der Waals surface area contributed by atoms with Crippen LogP contribution in [0.4, 0.5) is 10.5 Å². The van der Waals surface area contributed by atoms with Gasteiger partial charge in [-0.2, -0.15) is 0 Å². The zero-order valence-electron chi connectivity index (χ0n) is 21.8. The number of imide groups is 1. The second kappa shape index (κ2) is 11.9. The minimum absolute atomic E-state index is 0. The number of benzene rings is 1. The topological polar surface area (TPSA) is 104 Å². The molecular weight excluding hydrogens is 494 g/mol. The number of carbonyl (C=O) groups excluding carboxylic acids is 3. The summed E-state index contributed by atoms with van der Waals surface area (Å²) in [6.45, 7) is 9.98. The van der Waals surface area contributed by atoms with Crippen LogP contribution in [0.3, 0.4) is 0 Å². The smallest absolute Gasteiger partial charge is 0.332 e. The van der Waals surface area contributed by atoms with Gasteiger partial charge in [0.1, 0.15) is 11.3 Å². The van der Waals surface area contributed by atoms with E-state index in [4.69, 9.17) is 4.74 Å². The van der Waals surface area contributed by atoms with Crippen molar-refractivity contribution >= 4 is 35.9 Å². The third-order valence-electron chi connectivity index (χ3n) is 6.75. The van der Waals surface area contributed by atoms with Crippen molar-refractivity contribution in [3.8, 4) is 5.75 Å². The van der Waals surface area contributed by atoms with Gasteiger partial charge in [-0.05, 0) is 95.4 Å². The molecule has 4 amide bonds. The minimum Gasteiger partial charge on any atom is -0.490 e. The summed E-state index contributed by atoms with van der Waals surface area (Å²) >= 11 is 0. The maximum atomic E-state index is 13.5. The lowest BCUT2D eigenvalue weighted by Gasteiger charge is -2.27. The van der Waals surface area contributed by atoms with Crippen LogP contribution in [-0.4, -0.2) is 59.0 Å². The van der Waals surface area contributed by atoms with E-state index < -0.39 is 11.6 Å². The monoisotopic (exact) mass is 529 g/mol. The van der Waals surface area contributed by atoms with Crippen molar-refractivity contribution in [1.29, 1.82) is 0 Å². The molecule has 2 N–H and O–H groups in total. The van der Waals surface area contributed by atoms with Gasteiger partial charge in [-0.15, -0.1) is 12.4 Å². The molecule has 200 valence electrons. The van der Waals surface area contributed by atoms with E-state index in [9.17, 15) is 14.4 Å². The van der Waals surface area contributed by atoms with Crippen molar-refractivity contribution in [2.24, 2.45) is 5.92 Å². The Balaban J connectivity index is 0.00000380. The molecule has 9 nitrogen and oxygen atoms in total. The summed E-state index contributed by atoms with van der Waals surface area (Å²) in [5, 5.41) is 6.36. The van der Waals surface area contributed by atoms with Crippen LogP contribution in [0.15, 0.2) is 42.7 Å². The van der Waals surface area contributed by atoms with Crippen molar-refractivity contribution < 1.29 is 19.1 Å². The molecule has 2 aromatic rings. The van der Waals surface area contributed by atoms with Crippen LogP contribution in [0.1, 0.15) is 56.5 Å². The number of urea groups is 1. The van der Waals surface area contributed by atoms with Gasteiger partial charge in [0.2, 0.25) is 0 Å². The van der Waals surface area contributed by atoms with Gasteiger partial charge in [-0.3, -0.25) is 14.6 Å². The number of carbonyl (C=O) groups is 3. The van der Waals surface area contributed by atoms with Gasteiger partial charge in [0.15, 0.2) is 0 Å². The summed E-state index contributed by atoms with van der Waals surface area (Å²) in [6.07, 6.45) is 5.19. The van der Waals surface area contributed by atoms with Crippen LogP contribution in [0.2, 0.25) is 0 Å². The average molecular weight is 530 g/mol. The third kappa shape index (κ3) is 6.22. The van der Waals surface area contributed by atoms with Gasteiger partial charge >= 0.3 is 6.03 Å². The summed E-state index contributed by atoms with van der Waals surface area (Å²) in [7, 11) is 0. The number of aromatic nitrogens is 1. The summed E-state index contributed by atoms with van der Waals surface area (Å²) in [6, 6.07) is 8.10. The number of halogens is 1. The first-order valence-electron chi connectivity index (χ1n) is 12.5. The minimum atomic E-state index is -1.05. The molecule has 0 bridgehead atoms. The molecule has 2 fully saturated rings. The van der Waals surface area contributed by atoms with Gasteiger partial charge in [0.05, 0.1) is 17.4 Å². The van der Waals surface area contributed by atoms with Gasteiger partial charge < -0.3 is 20.3 Å². The predicted molar refractivity (Wildman–Crippen MR) is 144 cm³/mol. The molecule has 0 saturated carbocycles. The molecule has 37 heavy (non-hydrogen) atoms. The lowest BCUT2D eigenvalue weighted by atomic mass is 9.98.